The van der Waals surface area contributed by atoms with Crippen LogP contribution in [0.1, 0.15) is 25.0 Å². The molecule has 0 radical (unpaired) electrons. The van der Waals surface area contributed by atoms with Crippen molar-refractivity contribution in [3.05, 3.63) is 199 Å². The topological polar surface area (TPSA) is 3.24 Å². The van der Waals surface area contributed by atoms with Gasteiger partial charge in [0.05, 0.1) is 0 Å². The van der Waals surface area contributed by atoms with Crippen LogP contribution in [-0.4, -0.2) is 0 Å². The molecule has 0 N–H and O–H groups in total. The molecule has 1 aliphatic rings. The van der Waals surface area contributed by atoms with Gasteiger partial charge in [0.15, 0.2) is 0 Å². The van der Waals surface area contributed by atoms with Crippen LogP contribution in [0.5, 0.6) is 0 Å². The van der Waals surface area contributed by atoms with Crippen molar-refractivity contribution in [1.82, 2.24) is 0 Å². The summed E-state index contributed by atoms with van der Waals surface area (Å²) in [6.45, 7) is 4.77. The maximum atomic E-state index is 2.45. The minimum absolute atomic E-state index is 0.135. The van der Waals surface area contributed by atoms with E-state index in [9.17, 15) is 0 Å². The molecule has 0 aromatic heterocycles. The van der Waals surface area contributed by atoms with Gasteiger partial charge in [-0.3, -0.25) is 0 Å². The van der Waals surface area contributed by atoms with Crippen molar-refractivity contribution >= 4 is 27.8 Å². The highest BCUT2D eigenvalue weighted by molar-refractivity contribution is 6.09. The zero-order valence-corrected chi connectivity index (χ0v) is 28.3. The predicted octanol–water partition coefficient (Wildman–Crippen LogP) is 13.6. The lowest BCUT2D eigenvalue weighted by Gasteiger charge is -2.26. The lowest BCUT2D eigenvalue weighted by atomic mass is 9.80. The van der Waals surface area contributed by atoms with Crippen molar-refractivity contribution < 1.29 is 0 Å². The molecule has 0 fully saturated rings. The van der Waals surface area contributed by atoms with Crippen molar-refractivity contribution in [1.29, 1.82) is 0 Å². The molecule has 1 heteroatoms. The Hall–Kier alpha value is -6.18. The number of fused-ring (bicyclic) bond motifs is 5. The summed E-state index contributed by atoms with van der Waals surface area (Å²) in [5.74, 6) is 0. The molecular formula is C49H37N. The molecule has 0 saturated carbocycles. The van der Waals surface area contributed by atoms with E-state index in [-0.39, 0.29) is 5.41 Å². The minimum Gasteiger partial charge on any atom is -0.311 e. The van der Waals surface area contributed by atoms with Gasteiger partial charge in [-0.05, 0) is 115 Å². The van der Waals surface area contributed by atoms with Crippen molar-refractivity contribution in [3.63, 3.8) is 0 Å². The fourth-order valence-electron chi connectivity index (χ4n) is 7.88. The lowest BCUT2D eigenvalue weighted by Crippen LogP contribution is -2.15. The fourth-order valence-corrected chi connectivity index (χ4v) is 7.88. The van der Waals surface area contributed by atoms with E-state index in [0.717, 1.165) is 17.1 Å². The summed E-state index contributed by atoms with van der Waals surface area (Å²) in [5.41, 5.74) is 16.2. The Balaban J connectivity index is 1.09. The summed E-state index contributed by atoms with van der Waals surface area (Å²) in [6.07, 6.45) is 0. The Morgan fingerprint density at radius 2 is 0.800 bits per heavy atom. The number of benzene rings is 8. The summed E-state index contributed by atoms with van der Waals surface area (Å²) >= 11 is 0. The van der Waals surface area contributed by atoms with E-state index in [1.54, 1.807) is 0 Å². The van der Waals surface area contributed by atoms with Crippen LogP contribution < -0.4 is 4.90 Å². The Kier molecular flexibility index (Phi) is 7.21. The van der Waals surface area contributed by atoms with E-state index in [2.05, 4.69) is 207 Å². The van der Waals surface area contributed by atoms with Crippen LogP contribution in [0.25, 0.3) is 55.3 Å². The van der Waals surface area contributed by atoms with Crippen LogP contribution in [0.15, 0.2) is 188 Å². The molecule has 1 nitrogen and oxygen atoms in total. The smallest absolute Gasteiger partial charge is 0.0462 e. The molecule has 0 heterocycles. The first-order valence-electron chi connectivity index (χ1n) is 17.4. The van der Waals surface area contributed by atoms with Crippen LogP contribution in [0.4, 0.5) is 17.1 Å². The predicted molar refractivity (Wildman–Crippen MR) is 213 cm³/mol. The summed E-state index contributed by atoms with van der Waals surface area (Å²) < 4.78 is 0. The molecule has 0 bridgehead atoms. The standard InChI is InChI=1S/C49H37N/c1-49(2)46-32-38(26-31-44(46)48-43-21-13-12-20-42(43)45(33-47(48)49)37-16-8-4-9-17-37)36-24-29-41(30-25-36)50(39-18-10-5-11-19-39)40-27-22-35(23-28-40)34-14-6-3-7-15-34/h3-33H,1-2H3. The molecule has 1 aliphatic carbocycles. The Bertz CT molecular complexity index is 2460. The normalized spacial score (nSPS) is 12.8. The third-order valence-electron chi connectivity index (χ3n) is 10.5. The first kappa shape index (κ1) is 29.9. The maximum absolute atomic E-state index is 2.45. The molecule has 8 aromatic rings. The third kappa shape index (κ3) is 5.02. The van der Waals surface area contributed by atoms with Gasteiger partial charge >= 0.3 is 0 Å². The second-order valence-corrected chi connectivity index (χ2v) is 13.8. The maximum Gasteiger partial charge on any atom is 0.0462 e. The van der Waals surface area contributed by atoms with Crippen LogP contribution in [-0.2, 0) is 5.41 Å². The van der Waals surface area contributed by atoms with E-state index < -0.39 is 0 Å². The van der Waals surface area contributed by atoms with Gasteiger partial charge in [-0.2, -0.15) is 0 Å². The summed E-state index contributed by atoms with van der Waals surface area (Å²) in [4.78, 5) is 2.33. The average Bonchev–Trinajstić information content (AvgIpc) is 3.41. The lowest BCUT2D eigenvalue weighted by molar-refractivity contribution is 0.661. The SMILES string of the molecule is CC1(C)c2cc(-c3ccc(N(c4ccccc4)c4ccc(-c5ccccc5)cc4)cc3)ccc2-c2c1cc(-c1ccccc1)c1ccccc21. The number of para-hydroxylation sites is 1. The molecule has 8 aromatic carbocycles. The Labute approximate surface area is 294 Å². The summed E-state index contributed by atoms with van der Waals surface area (Å²) in [6, 6.07) is 68.3. The van der Waals surface area contributed by atoms with Gasteiger partial charge < -0.3 is 4.90 Å². The first-order valence-corrected chi connectivity index (χ1v) is 17.4. The number of rotatable bonds is 6. The number of hydrogen-bond donors (Lipinski definition) is 0. The van der Waals surface area contributed by atoms with Gasteiger partial charge in [-0.25, -0.2) is 0 Å². The molecule has 0 saturated heterocycles. The molecule has 238 valence electrons. The van der Waals surface area contributed by atoms with E-state index in [1.807, 2.05) is 0 Å². The first-order chi connectivity index (χ1) is 24.6. The van der Waals surface area contributed by atoms with E-state index in [0.29, 0.717) is 0 Å². The summed E-state index contributed by atoms with van der Waals surface area (Å²) in [7, 11) is 0. The fraction of sp³-hybridized carbons (Fsp3) is 0.0612. The van der Waals surface area contributed by atoms with E-state index in [1.165, 1.54) is 66.4 Å². The van der Waals surface area contributed by atoms with Crippen LogP contribution in [0.3, 0.4) is 0 Å². The van der Waals surface area contributed by atoms with Gasteiger partial charge in [-0.15, -0.1) is 0 Å². The zero-order valence-electron chi connectivity index (χ0n) is 28.3. The molecule has 0 unspecified atom stereocenters. The number of anilines is 3. The third-order valence-corrected chi connectivity index (χ3v) is 10.5. The highest BCUT2D eigenvalue weighted by Crippen LogP contribution is 2.54. The van der Waals surface area contributed by atoms with Crippen LogP contribution in [0, 0.1) is 0 Å². The highest BCUT2D eigenvalue weighted by Gasteiger charge is 2.37. The second-order valence-electron chi connectivity index (χ2n) is 13.8. The van der Waals surface area contributed by atoms with Crippen molar-refractivity contribution in [2.75, 3.05) is 4.90 Å². The molecule has 9 rings (SSSR count). The molecule has 0 aliphatic heterocycles. The van der Waals surface area contributed by atoms with Crippen molar-refractivity contribution in [2.24, 2.45) is 0 Å². The molecule has 0 spiro atoms. The van der Waals surface area contributed by atoms with Crippen molar-refractivity contribution in [3.8, 4) is 44.5 Å². The van der Waals surface area contributed by atoms with Gasteiger partial charge in [0.25, 0.3) is 0 Å². The number of nitrogens with zero attached hydrogens (tertiary/aromatic N) is 1. The second kappa shape index (κ2) is 12.1. The number of hydrogen-bond acceptors (Lipinski definition) is 1. The van der Waals surface area contributed by atoms with Gasteiger partial charge in [-0.1, -0.05) is 153 Å². The highest BCUT2D eigenvalue weighted by atomic mass is 15.1. The Morgan fingerprint density at radius 1 is 0.340 bits per heavy atom. The van der Waals surface area contributed by atoms with Gasteiger partial charge in [0.1, 0.15) is 0 Å². The Morgan fingerprint density at radius 3 is 1.42 bits per heavy atom. The molecular weight excluding hydrogens is 603 g/mol. The van der Waals surface area contributed by atoms with Gasteiger partial charge in [0.2, 0.25) is 0 Å². The van der Waals surface area contributed by atoms with Gasteiger partial charge in [0, 0.05) is 22.5 Å². The molecule has 0 atom stereocenters. The average molecular weight is 640 g/mol. The quantitative estimate of drug-likeness (QED) is 0.175. The zero-order chi connectivity index (χ0) is 33.7. The monoisotopic (exact) mass is 639 g/mol. The van der Waals surface area contributed by atoms with Crippen molar-refractivity contribution in [2.45, 2.75) is 19.3 Å². The largest absolute Gasteiger partial charge is 0.311 e. The van der Waals surface area contributed by atoms with E-state index in [4.69, 9.17) is 0 Å². The van der Waals surface area contributed by atoms with Crippen LogP contribution in [0.2, 0.25) is 0 Å². The summed E-state index contributed by atoms with van der Waals surface area (Å²) in [5, 5.41) is 2.63. The molecule has 50 heavy (non-hydrogen) atoms. The van der Waals surface area contributed by atoms with Crippen LogP contribution >= 0.6 is 0 Å². The van der Waals surface area contributed by atoms with E-state index >= 15 is 0 Å². The minimum atomic E-state index is -0.135. The molecule has 0 amide bonds.